The molecule has 2 atom stereocenters. The van der Waals surface area contributed by atoms with E-state index in [2.05, 4.69) is 5.32 Å². The van der Waals surface area contributed by atoms with Crippen molar-refractivity contribution in [3.8, 4) is 0 Å². The number of nitrogens with one attached hydrogen (secondary N) is 1. The van der Waals surface area contributed by atoms with Crippen molar-refractivity contribution in [3.63, 3.8) is 0 Å². The summed E-state index contributed by atoms with van der Waals surface area (Å²) >= 11 is 0. The molecule has 4 heteroatoms. The van der Waals surface area contributed by atoms with Crippen molar-refractivity contribution in [2.24, 2.45) is 5.73 Å². The first kappa shape index (κ1) is 10.1. The third kappa shape index (κ3) is 1.51. The van der Waals surface area contributed by atoms with E-state index in [9.17, 15) is 9.18 Å². The number of amides is 1. The molecule has 0 fully saturated rings. The summed E-state index contributed by atoms with van der Waals surface area (Å²) in [5.41, 5.74) is 7.77. The largest absolute Gasteiger partial charge is 0.325 e. The molecule has 1 aliphatic rings. The van der Waals surface area contributed by atoms with Gasteiger partial charge in [-0.05, 0) is 37.1 Å². The smallest absolute Gasteiger partial charge is 0.231 e. The second kappa shape index (κ2) is 3.31. The number of rotatable bonds is 1. The molecule has 1 aliphatic heterocycles. The fourth-order valence-corrected chi connectivity index (χ4v) is 1.87. The van der Waals surface area contributed by atoms with Gasteiger partial charge in [-0.1, -0.05) is 0 Å². The molecule has 0 saturated heterocycles. The summed E-state index contributed by atoms with van der Waals surface area (Å²) in [6.07, 6.45) is 0. The number of anilines is 1. The summed E-state index contributed by atoms with van der Waals surface area (Å²) in [5.74, 6) is -0.741. The molecule has 15 heavy (non-hydrogen) atoms. The molecule has 80 valence electrons. The monoisotopic (exact) mass is 208 g/mol. The van der Waals surface area contributed by atoms with Crippen LogP contribution in [0.1, 0.15) is 36.9 Å². The predicted molar refractivity (Wildman–Crippen MR) is 56.0 cm³/mol. The summed E-state index contributed by atoms with van der Waals surface area (Å²) < 4.78 is 13.3. The van der Waals surface area contributed by atoms with Crippen molar-refractivity contribution < 1.29 is 9.18 Å². The highest BCUT2D eigenvalue weighted by molar-refractivity contribution is 6.03. The van der Waals surface area contributed by atoms with Crippen LogP contribution in [0.5, 0.6) is 0 Å². The number of halogens is 1. The first-order valence-corrected chi connectivity index (χ1v) is 4.90. The lowest BCUT2D eigenvalue weighted by atomic mass is 9.97. The van der Waals surface area contributed by atoms with E-state index in [-0.39, 0.29) is 23.7 Å². The minimum absolute atomic E-state index is 0.0995. The Labute approximate surface area is 87.5 Å². The summed E-state index contributed by atoms with van der Waals surface area (Å²) in [4.78, 5) is 11.4. The fraction of sp³-hybridized carbons (Fsp3) is 0.364. The van der Waals surface area contributed by atoms with Crippen molar-refractivity contribution in [2.45, 2.75) is 25.8 Å². The minimum Gasteiger partial charge on any atom is -0.325 e. The molecular weight excluding hydrogens is 195 g/mol. The topological polar surface area (TPSA) is 55.1 Å². The van der Waals surface area contributed by atoms with Crippen LogP contribution in [0.15, 0.2) is 12.1 Å². The lowest BCUT2D eigenvalue weighted by molar-refractivity contribution is -0.116. The second-order valence-corrected chi connectivity index (χ2v) is 3.96. The number of benzene rings is 1. The van der Waals surface area contributed by atoms with E-state index in [1.807, 2.05) is 0 Å². The molecule has 0 spiro atoms. The van der Waals surface area contributed by atoms with Crippen LogP contribution < -0.4 is 11.1 Å². The maximum absolute atomic E-state index is 13.3. The lowest BCUT2D eigenvalue weighted by Gasteiger charge is -2.11. The van der Waals surface area contributed by atoms with E-state index in [1.54, 1.807) is 13.8 Å². The number of hydrogen-bond acceptors (Lipinski definition) is 2. The molecule has 0 bridgehead atoms. The van der Waals surface area contributed by atoms with Gasteiger partial charge in [0.1, 0.15) is 5.82 Å². The molecule has 0 aromatic heterocycles. The highest BCUT2D eigenvalue weighted by atomic mass is 19.1. The number of carbonyl (C=O) groups excluding carboxylic acids is 1. The summed E-state index contributed by atoms with van der Waals surface area (Å²) in [5, 5.41) is 2.74. The molecule has 1 heterocycles. The molecule has 2 rings (SSSR count). The predicted octanol–water partition coefficient (Wildman–Crippen LogP) is 1.90. The van der Waals surface area contributed by atoms with Crippen molar-refractivity contribution >= 4 is 11.6 Å². The van der Waals surface area contributed by atoms with E-state index >= 15 is 0 Å². The zero-order valence-electron chi connectivity index (χ0n) is 8.67. The van der Waals surface area contributed by atoms with E-state index in [4.69, 9.17) is 5.73 Å². The van der Waals surface area contributed by atoms with Gasteiger partial charge < -0.3 is 11.1 Å². The van der Waals surface area contributed by atoms with Gasteiger partial charge >= 0.3 is 0 Å². The molecule has 3 nitrogen and oxygen atoms in total. The third-order valence-corrected chi connectivity index (χ3v) is 2.76. The van der Waals surface area contributed by atoms with Crippen LogP contribution in [0.4, 0.5) is 10.1 Å². The summed E-state index contributed by atoms with van der Waals surface area (Å²) in [6.45, 7) is 3.52. The SMILES string of the molecule is CC(N)c1cc(F)cc2c1NC(=O)C2C. The van der Waals surface area contributed by atoms with Gasteiger partial charge in [0.15, 0.2) is 0 Å². The molecule has 0 aliphatic carbocycles. The van der Waals surface area contributed by atoms with Gasteiger partial charge in [0.05, 0.1) is 5.92 Å². The van der Waals surface area contributed by atoms with Gasteiger partial charge in [-0.15, -0.1) is 0 Å². The van der Waals surface area contributed by atoms with Crippen LogP contribution in [-0.2, 0) is 4.79 Å². The van der Waals surface area contributed by atoms with Gasteiger partial charge in [0.2, 0.25) is 5.91 Å². The van der Waals surface area contributed by atoms with Gasteiger partial charge in [-0.2, -0.15) is 0 Å². The molecule has 3 N–H and O–H groups in total. The average Bonchev–Trinajstić information content (AvgIpc) is 2.43. The Morgan fingerprint density at radius 1 is 1.53 bits per heavy atom. The van der Waals surface area contributed by atoms with Gasteiger partial charge in [-0.25, -0.2) is 4.39 Å². The van der Waals surface area contributed by atoms with Crippen molar-refractivity contribution in [3.05, 3.63) is 29.1 Å². The van der Waals surface area contributed by atoms with Crippen molar-refractivity contribution in [1.82, 2.24) is 0 Å². The Morgan fingerprint density at radius 2 is 2.20 bits per heavy atom. The Hall–Kier alpha value is -1.42. The summed E-state index contributed by atoms with van der Waals surface area (Å²) in [7, 11) is 0. The van der Waals surface area contributed by atoms with Crippen LogP contribution in [0.2, 0.25) is 0 Å². The highest BCUT2D eigenvalue weighted by Crippen LogP contribution is 2.37. The number of hydrogen-bond donors (Lipinski definition) is 2. The van der Waals surface area contributed by atoms with Crippen LogP contribution in [0.3, 0.4) is 0 Å². The van der Waals surface area contributed by atoms with Crippen molar-refractivity contribution in [1.29, 1.82) is 0 Å². The Kier molecular flexibility index (Phi) is 2.23. The second-order valence-electron chi connectivity index (χ2n) is 3.96. The average molecular weight is 208 g/mol. The number of carbonyl (C=O) groups is 1. The maximum atomic E-state index is 13.3. The van der Waals surface area contributed by atoms with E-state index in [1.165, 1.54) is 12.1 Å². The van der Waals surface area contributed by atoms with Crippen LogP contribution in [-0.4, -0.2) is 5.91 Å². The minimum atomic E-state index is -0.343. The molecule has 1 aromatic carbocycles. The maximum Gasteiger partial charge on any atom is 0.231 e. The first-order chi connectivity index (χ1) is 7.00. The van der Waals surface area contributed by atoms with Crippen LogP contribution in [0, 0.1) is 5.82 Å². The lowest BCUT2D eigenvalue weighted by Crippen LogP contribution is -2.11. The molecular formula is C11H13FN2O. The molecule has 0 saturated carbocycles. The first-order valence-electron chi connectivity index (χ1n) is 4.90. The Bertz CT molecular complexity index is 429. The van der Waals surface area contributed by atoms with Gasteiger partial charge in [-0.3, -0.25) is 4.79 Å². The third-order valence-electron chi connectivity index (χ3n) is 2.76. The zero-order valence-corrected chi connectivity index (χ0v) is 8.67. The van der Waals surface area contributed by atoms with E-state index < -0.39 is 0 Å². The van der Waals surface area contributed by atoms with E-state index in [0.717, 1.165) is 0 Å². The molecule has 1 aromatic rings. The Balaban J connectivity index is 2.62. The van der Waals surface area contributed by atoms with E-state index in [0.29, 0.717) is 16.8 Å². The molecule has 2 unspecified atom stereocenters. The number of nitrogens with two attached hydrogens (primary N) is 1. The van der Waals surface area contributed by atoms with Crippen LogP contribution in [0.25, 0.3) is 0 Å². The molecule has 0 radical (unpaired) electrons. The highest BCUT2D eigenvalue weighted by Gasteiger charge is 2.29. The van der Waals surface area contributed by atoms with Crippen molar-refractivity contribution in [2.75, 3.05) is 5.32 Å². The molecule has 1 amide bonds. The van der Waals surface area contributed by atoms with Gasteiger partial charge in [0.25, 0.3) is 0 Å². The number of fused-ring (bicyclic) bond motifs is 1. The quantitative estimate of drug-likeness (QED) is 0.740. The normalized spacial score (nSPS) is 21.1. The van der Waals surface area contributed by atoms with Gasteiger partial charge in [0, 0.05) is 11.7 Å². The van der Waals surface area contributed by atoms with Crippen LogP contribution >= 0.6 is 0 Å². The Morgan fingerprint density at radius 3 is 2.80 bits per heavy atom. The standard InChI is InChI=1S/C11H13FN2O/c1-5-8-3-7(12)4-9(6(2)13)10(8)14-11(5)15/h3-6H,13H2,1-2H3,(H,14,15). The zero-order chi connectivity index (χ0) is 11.2. The summed E-state index contributed by atoms with van der Waals surface area (Å²) in [6, 6.07) is 2.48. The fourth-order valence-electron chi connectivity index (χ4n) is 1.87.